The molecule has 122 valence electrons. The van der Waals surface area contributed by atoms with E-state index in [1.807, 2.05) is 0 Å². The van der Waals surface area contributed by atoms with Gasteiger partial charge in [-0.15, -0.1) is 0 Å². The van der Waals surface area contributed by atoms with Crippen LogP contribution in [0.3, 0.4) is 0 Å². The van der Waals surface area contributed by atoms with Gasteiger partial charge < -0.3 is 10.0 Å². The van der Waals surface area contributed by atoms with Gasteiger partial charge in [0.05, 0.1) is 5.02 Å². The van der Waals surface area contributed by atoms with Crippen LogP contribution in [0.1, 0.15) is 28.8 Å². The minimum Gasteiger partial charge on any atom is -0.506 e. The molecule has 0 unspecified atom stereocenters. The van der Waals surface area contributed by atoms with Gasteiger partial charge in [-0.1, -0.05) is 23.7 Å². The van der Waals surface area contributed by atoms with E-state index in [-0.39, 0.29) is 22.5 Å². The topological polar surface area (TPSA) is 57.6 Å². The lowest BCUT2D eigenvalue weighted by Crippen LogP contribution is -2.23. The third-order valence-electron chi connectivity index (χ3n) is 3.94. The van der Waals surface area contributed by atoms with Crippen molar-refractivity contribution in [1.29, 1.82) is 0 Å². The number of amides is 1. The predicted molar refractivity (Wildman–Crippen MR) is 94.5 cm³/mol. The van der Waals surface area contributed by atoms with Gasteiger partial charge in [-0.25, -0.2) is 0 Å². The molecule has 2 aromatic carbocycles. The summed E-state index contributed by atoms with van der Waals surface area (Å²) < 4.78 is 0. The summed E-state index contributed by atoms with van der Waals surface area (Å²) in [4.78, 5) is 25.7. The van der Waals surface area contributed by atoms with E-state index in [4.69, 9.17) is 11.6 Å². The van der Waals surface area contributed by atoms with Crippen LogP contribution in [0.5, 0.6) is 5.75 Å². The summed E-state index contributed by atoms with van der Waals surface area (Å²) in [6.45, 7) is 0.730. The van der Waals surface area contributed by atoms with Crippen molar-refractivity contribution in [2.24, 2.45) is 0 Å². The Balaban J connectivity index is 1.71. The average Bonchev–Trinajstić information content (AvgIpc) is 3.02. The van der Waals surface area contributed by atoms with Crippen LogP contribution >= 0.6 is 11.6 Å². The van der Waals surface area contributed by atoms with E-state index in [0.29, 0.717) is 12.0 Å². The summed E-state index contributed by atoms with van der Waals surface area (Å²) in [5.74, 6) is -0.0103. The molecule has 0 spiro atoms. The lowest BCUT2D eigenvalue weighted by molar-refractivity contribution is -0.117. The minimum absolute atomic E-state index is 0.00666. The zero-order chi connectivity index (χ0) is 17.1. The third-order valence-corrected chi connectivity index (χ3v) is 4.24. The number of hydrogen-bond donors (Lipinski definition) is 1. The van der Waals surface area contributed by atoms with Crippen LogP contribution in [-0.4, -0.2) is 23.3 Å². The smallest absolute Gasteiger partial charge is 0.227 e. The molecule has 1 fully saturated rings. The molecule has 0 bridgehead atoms. The SMILES string of the molecule is O=C(/C=C/c1ccc(O)c(Cl)c1)c1ccc(N2CCCC2=O)cc1. The Morgan fingerprint density at radius 1 is 1.17 bits per heavy atom. The van der Waals surface area contributed by atoms with Crippen molar-refractivity contribution < 1.29 is 14.7 Å². The van der Waals surface area contributed by atoms with Gasteiger partial charge in [0.25, 0.3) is 0 Å². The molecule has 1 saturated heterocycles. The zero-order valence-electron chi connectivity index (χ0n) is 12.9. The van der Waals surface area contributed by atoms with Gasteiger partial charge in [0.2, 0.25) is 5.91 Å². The van der Waals surface area contributed by atoms with E-state index in [1.54, 1.807) is 47.4 Å². The molecular weight excluding hydrogens is 326 g/mol. The fourth-order valence-corrected chi connectivity index (χ4v) is 2.81. The van der Waals surface area contributed by atoms with Crippen LogP contribution in [0.15, 0.2) is 48.5 Å². The first-order valence-electron chi connectivity index (χ1n) is 7.66. The van der Waals surface area contributed by atoms with Gasteiger partial charge in [0.1, 0.15) is 5.75 Å². The van der Waals surface area contributed by atoms with Crippen molar-refractivity contribution in [3.05, 3.63) is 64.7 Å². The molecule has 5 heteroatoms. The first-order chi connectivity index (χ1) is 11.5. The molecule has 4 nitrogen and oxygen atoms in total. The summed E-state index contributed by atoms with van der Waals surface area (Å²) in [6.07, 6.45) is 4.56. The number of phenols is 1. The Labute approximate surface area is 145 Å². The highest BCUT2D eigenvalue weighted by atomic mass is 35.5. The van der Waals surface area contributed by atoms with E-state index >= 15 is 0 Å². The van der Waals surface area contributed by atoms with Crippen molar-refractivity contribution in [3.63, 3.8) is 0 Å². The van der Waals surface area contributed by atoms with Crippen LogP contribution in [-0.2, 0) is 4.79 Å². The van der Waals surface area contributed by atoms with Crippen LogP contribution in [0.4, 0.5) is 5.69 Å². The Morgan fingerprint density at radius 3 is 2.54 bits per heavy atom. The standard InChI is InChI=1S/C19H16ClNO3/c20-16-12-13(4-10-18(16)23)3-9-17(22)14-5-7-15(8-6-14)21-11-1-2-19(21)24/h3-10,12,23H,1-2,11H2/b9-3+. The Hall–Kier alpha value is -2.59. The highest BCUT2D eigenvalue weighted by molar-refractivity contribution is 6.32. The second-order valence-electron chi connectivity index (χ2n) is 5.60. The first kappa shape index (κ1) is 16.3. The molecule has 0 aromatic heterocycles. The number of benzene rings is 2. The average molecular weight is 342 g/mol. The summed E-state index contributed by atoms with van der Waals surface area (Å²) in [5.41, 5.74) is 2.10. The van der Waals surface area contributed by atoms with Crippen LogP contribution in [0.25, 0.3) is 6.08 Å². The highest BCUT2D eigenvalue weighted by Gasteiger charge is 2.21. The van der Waals surface area contributed by atoms with Gasteiger partial charge >= 0.3 is 0 Å². The van der Waals surface area contributed by atoms with Crippen molar-refractivity contribution in [1.82, 2.24) is 0 Å². The number of carbonyl (C=O) groups excluding carboxylic acids is 2. The largest absolute Gasteiger partial charge is 0.506 e. The van der Waals surface area contributed by atoms with Crippen molar-refractivity contribution in [3.8, 4) is 5.75 Å². The molecule has 0 radical (unpaired) electrons. The quantitative estimate of drug-likeness (QED) is 0.673. The second-order valence-corrected chi connectivity index (χ2v) is 6.01. The van der Waals surface area contributed by atoms with Crippen LogP contribution in [0, 0.1) is 0 Å². The van der Waals surface area contributed by atoms with Crippen LogP contribution < -0.4 is 4.90 Å². The van der Waals surface area contributed by atoms with Crippen molar-refractivity contribution in [2.75, 3.05) is 11.4 Å². The second kappa shape index (κ2) is 6.89. The Kier molecular flexibility index (Phi) is 4.67. The maximum atomic E-state index is 12.2. The summed E-state index contributed by atoms with van der Waals surface area (Å²) in [6, 6.07) is 11.8. The number of hydrogen-bond acceptors (Lipinski definition) is 3. The number of carbonyl (C=O) groups is 2. The van der Waals surface area contributed by atoms with Gasteiger partial charge in [0, 0.05) is 24.2 Å². The fourth-order valence-electron chi connectivity index (χ4n) is 2.62. The van der Waals surface area contributed by atoms with E-state index in [9.17, 15) is 14.7 Å². The minimum atomic E-state index is -0.140. The van der Waals surface area contributed by atoms with E-state index in [2.05, 4.69) is 0 Å². The molecule has 0 atom stereocenters. The predicted octanol–water partition coefficient (Wildman–Crippen LogP) is 4.07. The number of ketones is 1. The van der Waals surface area contributed by atoms with Gasteiger partial charge in [0.15, 0.2) is 5.78 Å². The normalized spacial score (nSPS) is 14.5. The van der Waals surface area contributed by atoms with Gasteiger partial charge in [-0.05, 0) is 54.5 Å². The van der Waals surface area contributed by atoms with Crippen molar-refractivity contribution >= 4 is 35.1 Å². The molecule has 3 rings (SSSR count). The maximum Gasteiger partial charge on any atom is 0.227 e. The number of nitrogens with zero attached hydrogens (tertiary/aromatic N) is 1. The molecule has 0 aliphatic carbocycles. The number of aromatic hydroxyl groups is 1. The number of anilines is 1. The monoisotopic (exact) mass is 341 g/mol. The van der Waals surface area contributed by atoms with E-state index in [0.717, 1.165) is 24.2 Å². The Morgan fingerprint density at radius 2 is 1.92 bits per heavy atom. The lowest BCUT2D eigenvalue weighted by Gasteiger charge is -2.15. The Bertz CT molecular complexity index is 812. The fraction of sp³-hybridized carbons (Fsp3) is 0.158. The highest BCUT2D eigenvalue weighted by Crippen LogP contribution is 2.24. The molecular formula is C19H16ClNO3. The summed E-state index contributed by atoms with van der Waals surface area (Å²) in [7, 11) is 0. The number of allylic oxidation sites excluding steroid dienone is 1. The summed E-state index contributed by atoms with van der Waals surface area (Å²) >= 11 is 5.84. The first-order valence-corrected chi connectivity index (χ1v) is 8.04. The summed E-state index contributed by atoms with van der Waals surface area (Å²) in [5, 5.41) is 9.62. The molecule has 2 aromatic rings. The van der Waals surface area contributed by atoms with Gasteiger partial charge in [-0.3, -0.25) is 9.59 Å². The zero-order valence-corrected chi connectivity index (χ0v) is 13.7. The lowest BCUT2D eigenvalue weighted by atomic mass is 10.1. The molecule has 1 amide bonds. The van der Waals surface area contributed by atoms with Crippen LogP contribution in [0.2, 0.25) is 5.02 Å². The number of rotatable bonds is 4. The number of halogens is 1. The molecule has 24 heavy (non-hydrogen) atoms. The molecule has 1 N–H and O–H groups in total. The van der Waals surface area contributed by atoms with Gasteiger partial charge in [-0.2, -0.15) is 0 Å². The maximum absolute atomic E-state index is 12.2. The van der Waals surface area contributed by atoms with Crippen molar-refractivity contribution in [2.45, 2.75) is 12.8 Å². The third kappa shape index (κ3) is 3.49. The van der Waals surface area contributed by atoms with E-state index in [1.165, 1.54) is 12.1 Å². The molecule has 0 saturated carbocycles. The molecule has 1 aliphatic rings. The molecule has 1 heterocycles. The molecule has 1 aliphatic heterocycles. The van der Waals surface area contributed by atoms with E-state index < -0.39 is 0 Å². The number of phenolic OH excluding ortho intramolecular Hbond substituents is 1.